The van der Waals surface area contributed by atoms with Crippen molar-refractivity contribution >= 4 is 23.5 Å². The Kier molecular flexibility index (Phi) is 5.14. The maximum absolute atomic E-state index is 11.5. The average molecular weight is 300 g/mol. The molecule has 0 N–H and O–H groups in total. The molecule has 0 aromatic carbocycles. The second-order valence-electron chi connectivity index (χ2n) is 4.58. The predicted octanol–water partition coefficient (Wildman–Crippen LogP) is 1.46. The fraction of sp³-hybridized carbons (Fsp3) is 0.615. The van der Waals surface area contributed by atoms with E-state index in [0.29, 0.717) is 43.2 Å². The van der Waals surface area contributed by atoms with Gasteiger partial charge in [-0.05, 0) is 19.9 Å². The van der Waals surface area contributed by atoms with Gasteiger partial charge >= 0.3 is 5.97 Å². The van der Waals surface area contributed by atoms with Gasteiger partial charge < -0.3 is 14.4 Å². The minimum atomic E-state index is -0.316. The van der Waals surface area contributed by atoms with E-state index in [2.05, 4.69) is 9.97 Å². The molecule has 0 saturated carbocycles. The minimum Gasteiger partial charge on any atom is -0.466 e. The fourth-order valence-electron chi connectivity index (χ4n) is 2.05. The molecule has 1 aliphatic rings. The van der Waals surface area contributed by atoms with Crippen LogP contribution in [0.4, 0.5) is 5.95 Å². The molecule has 1 aromatic heterocycles. The molecule has 1 aliphatic heterocycles. The highest BCUT2D eigenvalue weighted by Gasteiger charge is 2.22. The highest BCUT2D eigenvalue weighted by Crippen LogP contribution is 2.19. The van der Waals surface area contributed by atoms with Gasteiger partial charge in [-0.2, -0.15) is 0 Å². The SMILES string of the molecule is CCOC(=O)Cc1cc(Cl)nc(N2CCOC[C@@H]2C)n1. The molecule has 0 aliphatic carbocycles. The van der Waals surface area contributed by atoms with Gasteiger partial charge in [0.25, 0.3) is 0 Å². The molecule has 1 fully saturated rings. The van der Waals surface area contributed by atoms with Crippen LogP contribution in [-0.2, 0) is 20.7 Å². The van der Waals surface area contributed by atoms with Crippen LogP contribution >= 0.6 is 11.6 Å². The summed E-state index contributed by atoms with van der Waals surface area (Å²) in [5.74, 6) is 0.218. The van der Waals surface area contributed by atoms with Crippen LogP contribution in [0.15, 0.2) is 6.07 Å². The molecule has 0 unspecified atom stereocenters. The van der Waals surface area contributed by atoms with Crippen LogP contribution in [-0.4, -0.2) is 48.3 Å². The third kappa shape index (κ3) is 3.80. The van der Waals surface area contributed by atoms with Gasteiger partial charge in [0, 0.05) is 6.54 Å². The first-order chi connectivity index (χ1) is 9.60. The molecule has 0 bridgehead atoms. The summed E-state index contributed by atoms with van der Waals surface area (Å²) in [5.41, 5.74) is 0.567. The first-order valence-corrected chi connectivity index (χ1v) is 7.01. The average Bonchev–Trinajstić information content (AvgIpc) is 2.38. The molecule has 1 aromatic rings. The third-order valence-corrected chi connectivity index (χ3v) is 3.19. The van der Waals surface area contributed by atoms with Gasteiger partial charge in [0.2, 0.25) is 5.95 Å². The maximum atomic E-state index is 11.5. The second-order valence-corrected chi connectivity index (χ2v) is 4.97. The summed E-state index contributed by atoms with van der Waals surface area (Å²) >= 11 is 6.02. The van der Waals surface area contributed by atoms with Crippen molar-refractivity contribution in [3.63, 3.8) is 0 Å². The van der Waals surface area contributed by atoms with Gasteiger partial charge in [-0.25, -0.2) is 9.97 Å². The molecule has 2 heterocycles. The number of carbonyl (C=O) groups is 1. The molecule has 6 nitrogen and oxygen atoms in total. The summed E-state index contributed by atoms with van der Waals surface area (Å²) in [5, 5.41) is 0.327. The summed E-state index contributed by atoms with van der Waals surface area (Å²) in [4.78, 5) is 22.2. The Labute approximate surface area is 123 Å². The van der Waals surface area contributed by atoms with Gasteiger partial charge in [0.1, 0.15) is 5.15 Å². The quantitative estimate of drug-likeness (QED) is 0.619. The zero-order valence-electron chi connectivity index (χ0n) is 11.6. The number of hydrogen-bond acceptors (Lipinski definition) is 6. The van der Waals surface area contributed by atoms with Gasteiger partial charge in [-0.3, -0.25) is 4.79 Å². The lowest BCUT2D eigenvalue weighted by Crippen LogP contribution is -2.44. The van der Waals surface area contributed by atoms with Crippen LogP contribution in [0.3, 0.4) is 0 Å². The Morgan fingerprint density at radius 1 is 1.60 bits per heavy atom. The van der Waals surface area contributed by atoms with Crippen molar-refractivity contribution in [2.75, 3.05) is 31.3 Å². The molecular weight excluding hydrogens is 282 g/mol. The number of ether oxygens (including phenoxy) is 2. The van der Waals surface area contributed by atoms with E-state index in [-0.39, 0.29) is 18.4 Å². The van der Waals surface area contributed by atoms with E-state index >= 15 is 0 Å². The van der Waals surface area contributed by atoms with Gasteiger partial charge in [-0.1, -0.05) is 11.6 Å². The number of carbonyl (C=O) groups excluding carboxylic acids is 1. The summed E-state index contributed by atoms with van der Waals surface area (Å²) in [6.45, 7) is 6.13. The monoisotopic (exact) mass is 299 g/mol. The molecule has 0 radical (unpaired) electrons. The van der Waals surface area contributed by atoms with Crippen LogP contribution in [0, 0.1) is 0 Å². The molecule has 2 rings (SSSR count). The number of nitrogens with zero attached hydrogens (tertiary/aromatic N) is 3. The van der Waals surface area contributed by atoms with Crippen LogP contribution < -0.4 is 4.90 Å². The standard InChI is InChI=1S/C13H18ClN3O3/c1-3-20-12(18)7-10-6-11(14)16-13(15-10)17-4-5-19-8-9(17)2/h6,9H,3-5,7-8H2,1-2H3/t9-/m0/s1. The van der Waals surface area contributed by atoms with Gasteiger partial charge in [-0.15, -0.1) is 0 Å². The molecule has 1 atom stereocenters. The van der Waals surface area contributed by atoms with Crippen molar-refractivity contribution in [1.29, 1.82) is 0 Å². The zero-order chi connectivity index (χ0) is 14.5. The van der Waals surface area contributed by atoms with E-state index in [9.17, 15) is 4.79 Å². The van der Waals surface area contributed by atoms with Crippen molar-refractivity contribution in [3.8, 4) is 0 Å². The van der Waals surface area contributed by atoms with Crippen LogP contribution in [0.25, 0.3) is 0 Å². The number of morpholine rings is 1. The largest absolute Gasteiger partial charge is 0.466 e. The van der Waals surface area contributed by atoms with E-state index in [0.717, 1.165) is 0 Å². The molecule has 110 valence electrons. The second kappa shape index (κ2) is 6.85. The Morgan fingerprint density at radius 2 is 2.40 bits per heavy atom. The molecular formula is C13H18ClN3O3. The third-order valence-electron chi connectivity index (χ3n) is 2.99. The molecule has 0 amide bonds. The van der Waals surface area contributed by atoms with E-state index in [1.54, 1.807) is 13.0 Å². The summed E-state index contributed by atoms with van der Waals surface area (Å²) < 4.78 is 10.3. The van der Waals surface area contributed by atoms with Crippen molar-refractivity contribution in [3.05, 3.63) is 16.9 Å². The van der Waals surface area contributed by atoms with Crippen LogP contribution in [0.5, 0.6) is 0 Å². The first kappa shape index (κ1) is 15.0. The van der Waals surface area contributed by atoms with Crippen molar-refractivity contribution < 1.29 is 14.3 Å². The minimum absolute atomic E-state index is 0.0990. The van der Waals surface area contributed by atoms with Crippen molar-refractivity contribution in [1.82, 2.24) is 9.97 Å². The topological polar surface area (TPSA) is 64.5 Å². The van der Waals surface area contributed by atoms with Crippen LogP contribution in [0.2, 0.25) is 5.15 Å². The smallest absolute Gasteiger partial charge is 0.311 e. The Balaban J connectivity index is 2.17. The maximum Gasteiger partial charge on any atom is 0.311 e. The first-order valence-electron chi connectivity index (χ1n) is 6.63. The number of hydrogen-bond donors (Lipinski definition) is 0. The zero-order valence-corrected chi connectivity index (χ0v) is 12.4. The molecule has 7 heteroatoms. The Hall–Kier alpha value is -1.40. The lowest BCUT2D eigenvalue weighted by molar-refractivity contribution is -0.142. The number of rotatable bonds is 4. The fourth-order valence-corrected chi connectivity index (χ4v) is 2.26. The summed E-state index contributed by atoms with van der Waals surface area (Å²) in [6, 6.07) is 1.77. The van der Waals surface area contributed by atoms with E-state index < -0.39 is 0 Å². The number of esters is 1. The van der Waals surface area contributed by atoms with E-state index in [4.69, 9.17) is 21.1 Å². The predicted molar refractivity (Wildman–Crippen MR) is 75.0 cm³/mol. The lowest BCUT2D eigenvalue weighted by atomic mass is 10.2. The highest BCUT2D eigenvalue weighted by atomic mass is 35.5. The highest BCUT2D eigenvalue weighted by molar-refractivity contribution is 6.29. The molecule has 0 spiro atoms. The van der Waals surface area contributed by atoms with Crippen LogP contribution in [0.1, 0.15) is 19.5 Å². The summed E-state index contributed by atoms with van der Waals surface area (Å²) in [6.07, 6.45) is 0.0990. The van der Waals surface area contributed by atoms with Gasteiger partial charge in [0.15, 0.2) is 0 Å². The number of halogens is 1. The Bertz CT molecular complexity index is 484. The number of aromatic nitrogens is 2. The van der Waals surface area contributed by atoms with E-state index in [1.165, 1.54) is 0 Å². The van der Waals surface area contributed by atoms with Crippen molar-refractivity contribution in [2.45, 2.75) is 26.3 Å². The molecule has 20 heavy (non-hydrogen) atoms. The number of anilines is 1. The summed E-state index contributed by atoms with van der Waals surface area (Å²) in [7, 11) is 0. The normalized spacial score (nSPS) is 18.9. The Morgan fingerprint density at radius 3 is 3.10 bits per heavy atom. The van der Waals surface area contributed by atoms with E-state index in [1.807, 2.05) is 11.8 Å². The van der Waals surface area contributed by atoms with Crippen molar-refractivity contribution in [2.24, 2.45) is 0 Å². The lowest BCUT2D eigenvalue weighted by Gasteiger charge is -2.33. The molecule has 1 saturated heterocycles. The van der Waals surface area contributed by atoms with Gasteiger partial charge in [0.05, 0.1) is 38.0 Å².